The molecule has 1 amide bonds. The SMILES string of the molecule is CC(C)(C)OC(=O)N[C@H](Cc1c(F)c2c(NCc3cccs3)nc(Cl)nn2c1Br)CC1CC1. The summed E-state index contributed by atoms with van der Waals surface area (Å²) in [7, 11) is 0. The quantitative estimate of drug-likeness (QED) is 0.344. The van der Waals surface area contributed by atoms with Gasteiger partial charge in [-0.2, -0.15) is 4.98 Å². The lowest BCUT2D eigenvalue weighted by Gasteiger charge is -2.23. The third-order valence-corrected chi connectivity index (χ3v) is 7.08. The van der Waals surface area contributed by atoms with Crippen LogP contribution in [0, 0.1) is 11.7 Å². The molecular weight excluding hydrogens is 533 g/mol. The van der Waals surface area contributed by atoms with Crippen molar-refractivity contribution in [1.82, 2.24) is 19.9 Å². The maximum atomic E-state index is 15.7. The molecule has 1 fully saturated rings. The second kappa shape index (κ2) is 9.76. The summed E-state index contributed by atoms with van der Waals surface area (Å²) in [4.78, 5) is 17.7. The molecule has 0 saturated heterocycles. The summed E-state index contributed by atoms with van der Waals surface area (Å²) in [6, 6.07) is 3.66. The van der Waals surface area contributed by atoms with E-state index in [-0.39, 0.29) is 23.3 Å². The van der Waals surface area contributed by atoms with Crippen LogP contribution in [0.25, 0.3) is 5.52 Å². The van der Waals surface area contributed by atoms with Crippen molar-refractivity contribution in [3.05, 3.63) is 43.7 Å². The Morgan fingerprint density at radius 2 is 2.21 bits per heavy atom. The fraction of sp³-hybridized carbons (Fsp3) is 0.500. The zero-order chi connectivity index (χ0) is 23.8. The van der Waals surface area contributed by atoms with Gasteiger partial charge in [-0.25, -0.2) is 13.7 Å². The molecule has 1 atom stereocenters. The number of anilines is 1. The molecule has 3 aromatic heterocycles. The molecule has 7 nitrogen and oxygen atoms in total. The van der Waals surface area contributed by atoms with Crippen molar-refractivity contribution < 1.29 is 13.9 Å². The van der Waals surface area contributed by atoms with Crippen LogP contribution in [-0.2, 0) is 17.7 Å². The molecule has 11 heteroatoms. The molecule has 0 spiro atoms. The summed E-state index contributed by atoms with van der Waals surface area (Å²) >= 11 is 11.2. The van der Waals surface area contributed by atoms with Crippen LogP contribution in [0.2, 0.25) is 5.28 Å². The predicted molar refractivity (Wildman–Crippen MR) is 132 cm³/mol. The summed E-state index contributed by atoms with van der Waals surface area (Å²) in [5.74, 6) is 0.395. The first-order valence-electron chi connectivity index (χ1n) is 10.8. The molecule has 1 aliphatic rings. The lowest BCUT2D eigenvalue weighted by Crippen LogP contribution is -2.40. The Bertz CT molecular complexity index is 1140. The van der Waals surface area contributed by atoms with Crippen LogP contribution in [0.4, 0.5) is 15.0 Å². The predicted octanol–water partition coefficient (Wildman–Crippen LogP) is 6.19. The largest absolute Gasteiger partial charge is 0.444 e. The number of aromatic nitrogens is 3. The molecule has 178 valence electrons. The Balaban J connectivity index is 1.61. The van der Waals surface area contributed by atoms with Gasteiger partial charge < -0.3 is 15.4 Å². The Labute approximate surface area is 209 Å². The van der Waals surface area contributed by atoms with Crippen molar-refractivity contribution >= 4 is 56.3 Å². The molecule has 3 aromatic rings. The highest BCUT2D eigenvalue weighted by Gasteiger charge is 2.31. The van der Waals surface area contributed by atoms with E-state index in [4.69, 9.17) is 16.3 Å². The third-order valence-electron chi connectivity index (χ3n) is 5.23. The number of thiophene rings is 1. The number of halogens is 3. The van der Waals surface area contributed by atoms with Gasteiger partial charge in [0.1, 0.15) is 15.7 Å². The number of amides is 1. The van der Waals surface area contributed by atoms with E-state index >= 15 is 4.39 Å². The van der Waals surface area contributed by atoms with Crippen molar-refractivity contribution in [2.24, 2.45) is 5.92 Å². The summed E-state index contributed by atoms with van der Waals surface area (Å²) in [5, 5.41) is 12.3. The number of hydrogen-bond donors (Lipinski definition) is 2. The topological polar surface area (TPSA) is 80.5 Å². The fourth-order valence-corrected chi connectivity index (χ4v) is 5.05. The molecule has 3 heterocycles. The van der Waals surface area contributed by atoms with Crippen molar-refractivity contribution in [2.45, 2.75) is 64.6 Å². The monoisotopic (exact) mass is 557 g/mol. The zero-order valence-electron chi connectivity index (χ0n) is 18.6. The van der Waals surface area contributed by atoms with Gasteiger partial charge in [-0.3, -0.25) is 0 Å². The highest BCUT2D eigenvalue weighted by atomic mass is 79.9. The molecule has 0 bridgehead atoms. The van der Waals surface area contributed by atoms with Crippen LogP contribution in [0.3, 0.4) is 0 Å². The van der Waals surface area contributed by atoms with Crippen molar-refractivity contribution in [2.75, 3.05) is 5.32 Å². The molecule has 2 N–H and O–H groups in total. The van der Waals surface area contributed by atoms with Crippen molar-refractivity contribution in [3.8, 4) is 0 Å². The number of carbonyl (C=O) groups excluding carboxylic acids is 1. The minimum Gasteiger partial charge on any atom is -0.444 e. The second-order valence-corrected chi connectivity index (χ2v) is 11.4. The minimum atomic E-state index is -0.611. The van der Waals surface area contributed by atoms with Crippen LogP contribution in [0.1, 0.15) is 50.5 Å². The number of fused-ring (bicyclic) bond motifs is 1. The van der Waals surface area contributed by atoms with E-state index in [9.17, 15) is 4.79 Å². The van der Waals surface area contributed by atoms with Crippen LogP contribution < -0.4 is 10.6 Å². The van der Waals surface area contributed by atoms with Crippen LogP contribution in [-0.4, -0.2) is 32.3 Å². The highest BCUT2D eigenvalue weighted by molar-refractivity contribution is 9.10. The van der Waals surface area contributed by atoms with Crippen molar-refractivity contribution in [3.63, 3.8) is 0 Å². The average molecular weight is 559 g/mol. The third kappa shape index (κ3) is 6.16. The van der Waals surface area contributed by atoms with E-state index in [1.807, 2.05) is 38.3 Å². The number of carbonyl (C=O) groups is 1. The van der Waals surface area contributed by atoms with Crippen LogP contribution in [0.15, 0.2) is 22.1 Å². The summed E-state index contributed by atoms with van der Waals surface area (Å²) < 4.78 is 23.0. The molecule has 1 saturated carbocycles. The Hall–Kier alpha value is -1.91. The van der Waals surface area contributed by atoms with Gasteiger partial charge in [-0.15, -0.1) is 16.4 Å². The standard InChI is InChI=1S/C22H26BrClFN5O2S/c1-22(2,3)32-21(31)27-13(9-12-6-7-12)10-15-16(25)17-19(26-11-14-5-4-8-33-14)28-20(24)29-30(17)18(15)23/h4-5,8,12-13H,6-7,9-11H2,1-3H3,(H,27,31)(H,26,28,29)/t13-/m0/s1. The zero-order valence-corrected chi connectivity index (χ0v) is 21.8. The molecule has 0 radical (unpaired) electrons. The first-order chi connectivity index (χ1) is 15.6. The van der Waals surface area contributed by atoms with E-state index < -0.39 is 17.5 Å². The molecule has 0 aromatic carbocycles. The normalized spacial score (nSPS) is 15.0. The number of rotatable bonds is 8. The maximum absolute atomic E-state index is 15.7. The number of hydrogen-bond acceptors (Lipinski definition) is 6. The number of ether oxygens (including phenoxy) is 1. The highest BCUT2D eigenvalue weighted by Crippen LogP contribution is 2.36. The maximum Gasteiger partial charge on any atom is 0.407 e. The van der Waals surface area contributed by atoms with E-state index in [0.717, 1.165) is 24.1 Å². The number of nitrogens with zero attached hydrogens (tertiary/aromatic N) is 3. The Kier molecular flexibility index (Phi) is 7.16. The van der Waals surface area contributed by atoms with E-state index in [0.29, 0.717) is 28.4 Å². The smallest absolute Gasteiger partial charge is 0.407 e. The first-order valence-corrected chi connectivity index (χ1v) is 12.8. The lowest BCUT2D eigenvalue weighted by atomic mass is 10.0. The van der Waals surface area contributed by atoms with Gasteiger partial charge in [0.05, 0.1) is 6.54 Å². The lowest BCUT2D eigenvalue weighted by molar-refractivity contribution is 0.0500. The number of alkyl carbamates (subject to hydrolysis) is 1. The van der Waals surface area contributed by atoms with Crippen LogP contribution in [0.5, 0.6) is 0 Å². The van der Waals surface area contributed by atoms with Crippen molar-refractivity contribution in [1.29, 1.82) is 0 Å². The minimum absolute atomic E-state index is 0.000148. The fourth-order valence-electron chi connectivity index (χ4n) is 3.65. The van der Waals surface area contributed by atoms with Gasteiger partial charge in [0.2, 0.25) is 5.28 Å². The Morgan fingerprint density at radius 1 is 1.45 bits per heavy atom. The van der Waals surface area contributed by atoms with Gasteiger partial charge in [0.25, 0.3) is 0 Å². The molecule has 0 aliphatic heterocycles. The first kappa shape index (κ1) is 24.2. The van der Waals surface area contributed by atoms with Gasteiger partial charge in [0, 0.05) is 16.5 Å². The van der Waals surface area contributed by atoms with Gasteiger partial charge in [-0.1, -0.05) is 18.9 Å². The van der Waals surface area contributed by atoms with Gasteiger partial charge in [0.15, 0.2) is 11.6 Å². The molecule has 0 unspecified atom stereocenters. The van der Waals surface area contributed by atoms with E-state index in [1.54, 1.807) is 11.3 Å². The van der Waals surface area contributed by atoms with E-state index in [1.165, 1.54) is 4.52 Å². The molecule has 4 rings (SSSR count). The molecule has 33 heavy (non-hydrogen) atoms. The second-order valence-electron chi connectivity index (χ2n) is 9.23. The number of nitrogens with one attached hydrogen (secondary N) is 2. The summed E-state index contributed by atoms with van der Waals surface area (Å²) in [6.07, 6.45) is 2.77. The van der Waals surface area contributed by atoms with E-state index in [2.05, 4.69) is 36.6 Å². The average Bonchev–Trinajstić information content (AvgIpc) is 3.30. The van der Waals surface area contributed by atoms with Gasteiger partial charge in [-0.05, 0) is 78.5 Å². The van der Waals surface area contributed by atoms with Gasteiger partial charge >= 0.3 is 6.09 Å². The molecular formula is C22H26BrClFN5O2S. The van der Waals surface area contributed by atoms with Crippen LogP contribution >= 0.6 is 38.9 Å². The summed E-state index contributed by atoms with van der Waals surface area (Å²) in [6.45, 7) is 5.92. The summed E-state index contributed by atoms with van der Waals surface area (Å²) in [5.41, 5.74) is 0.00750. The Morgan fingerprint density at radius 3 is 2.85 bits per heavy atom. The molecule has 1 aliphatic carbocycles.